The maximum Gasteiger partial charge on any atom is 0.150 e. The molecule has 0 aliphatic rings. The summed E-state index contributed by atoms with van der Waals surface area (Å²) in [6.07, 6.45) is 0.817. The van der Waals surface area contributed by atoms with Crippen LogP contribution in [0.15, 0.2) is 36.4 Å². The Labute approximate surface area is 97.3 Å². The van der Waals surface area contributed by atoms with Gasteiger partial charge in [-0.1, -0.05) is 12.1 Å². The Morgan fingerprint density at radius 3 is 2.41 bits per heavy atom. The van der Waals surface area contributed by atoms with E-state index in [9.17, 15) is 9.18 Å². The van der Waals surface area contributed by atoms with Crippen molar-refractivity contribution in [3.63, 3.8) is 0 Å². The zero-order valence-corrected chi connectivity index (χ0v) is 9.27. The molecule has 3 rings (SSSR count). The van der Waals surface area contributed by atoms with Crippen LogP contribution in [0.1, 0.15) is 10.4 Å². The monoisotopic (exact) mass is 227 g/mol. The number of nitrogens with zero attached hydrogens (tertiary/aromatic N) is 1. The fourth-order valence-electron chi connectivity index (χ4n) is 2.27. The van der Waals surface area contributed by atoms with Crippen molar-refractivity contribution in [1.29, 1.82) is 0 Å². The van der Waals surface area contributed by atoms with Crippen LogP contribution in [0.2, 0.25) is 0 Å². The zero-order chi connectivity index (χ0) is 12.0. The standard InChI is InChI=1S/C14H10FNO/c1-16-13-6-9(8-17)2-4-11(13)12-5-3-10(15)7-14(12)16/h2-8H,1H3. The third-order valence-electron chi connectivity index (χ3n) is 3.13. The van der Waals surface area contributed by atoms with Gasteiger partial charge in [-0.2, -0.15) is 0 Å². The summed E-state index contributed by atoms with van der Waals surface area (Å²) in [5, 5.41) is 2.04. The molecular weight excluding hydrogens is 217 g/mol. The maximum absolute atomic E-state index is 13.2. The molecule has 3 heteroatoms. The summed E-state index contributed by atoms with van der Waals surface area (Å²) in [6.45, 7) is 0. The molecule has 0 fully saturated rings. The molecule has 3 aromatic rings. The quantitative estimate of drug-likeness (QED) is 0.585. The minimum atomic E-state index is -0.251. The predicted molar refractivity (Wildman–Crippen MR) is 65.8 cm³/mol. The van der Waals surface area contributed by atoms with Crippen molar-refractivity contribution in [3.8, 4) is 0 Å². The van der Waals surface area contributed by atoms with E-state index in [4.69, 9.17) is 0 Å². The van der Waals surface area contributed by atoms with Crippen LogP contribution in [0.3, 0.4) is 0 Å². The molecule has 0 aliphatic heterocycles. The summed E-state index contributed by atoms with van der Waals surface area (Å²) in [5.41, 5.74) is 2.40. The van der Waals surface area contributed by atoms with Crippen LogP contribution in [0, 0.1) is 5.82 Å². The highest BCUT2D eigenvalue weighted by Crippen LogP contribution is 2.28. The van der Waals surface area contributed by atoms with E-state index in [1.54, 1.807) is 12.1 Å². The second-order valence-electron chi connectivity index (χ2n) is 4.11. The van der Waals surface area contributed by atoms with Crippen molar-refractivity contribution in [2.45, 2.75) is 0 Å². The number of halogens is 1. The number of carbonyl (C=O) groups is 1. The minimum Gasteiger partial charge on any atom is -0.344 e. The molecule has 0 aliphatic carbocycles. The van der Waals surface area contributed by atoms with E-state index in [1.165, 1.54) is 12.1 Å². The largest absolute Gasteiger partial charge is 0.344 e. The summed E-state index contributed by atoms with van der Waals surface area (Å²) >= 11 is 0. The number of rotatable bonds is 1. The molecule has 2 nitrogen and oxygen atoms in total. The first kappa shape index (κ1) is 10.0. The van der Waals surface area contributed by atoms with Gasteiger partial charge in [0.25, 0.3) is 0 Å². The fraction of sp³-hybridized carbons (Fsp3) is 0.0714. The number of hydrogen-bond donors (Lipinski definition) is 0. The molecule has 0 spiro atoms. The summed E-state index contributed by atoms with van der Waals surface area (Å²) in [7, 11) is 1.87. The Kier molecular flexibility index (Phi) is 2.01. The molecule has 1 heterocycles. The highest BCUT2D eigenvalue weighted by molar-refractivity contribution is 6.08. The Hall–Kier alpha value is -2.16. The molecular formula is C14H10FNO. The molecule has 0 radical (unpaired) electrons. The highest BCUT2D eigenvalue weighted by atomic mass is 19.1. The zero-order valence-electron chi connectivity index (χ0n) is 9.27. The van der Waals surface area contributed by atoms with Gasteiger partial charge in [0.15, 0.2) is 0 Å². The van der Waals surface area contributed by atoms with E-state index >= 15 is 0 Å². The smallest absolute Gasteiger partial charge is 0.150 e. The number of aldehydes is 1. The average molecular weight is 227 g/mol. The lowest BCUT2D eigenvalue weighted by Gasteiger charge is -1.98. The molecule has 2 aromatic carbocycles. The third-order valence-corrected chi connectivity index (χ3v) is 3.13. The first-order valence-corrected chi connectivity index (χ1v) is 5.33. The number of carbonyl (C=O) groups excluding carboxylic acids is 1. The topological polar surface area (TPSA) is 22.0 Å². The lowest BCUT2D eigenvalue weighted by Crippen LogP contribution is -1.88. The van der Waals surface area contributed by atoms with E-state index in [0.717, 1.165) is 28.1 Å². The van der Waals surface area contributed by atoms with Crippen LogP contribution in [0.25, 0.3) is 21.8 Å². The minimum absolute atomic E-state index is 0.251. The first-order valence-electron chi connectivity index (χ1n) is 5.33. The van der Waals surface area contributed by atoms with Crippen molar-refractivity contribution < 1.29 is 9.18 Å². The molecule has 1 aromatic heterocycles. The van der Waals surface area contributed by atoms with Gasteiger partial charge < -0.3 is 4.57 Å². The Morgan fingerprint density at radius 1 is 1.06 bits per heavy atom. The van der Waals surface area contributed by atoms with Gasteiger partial charge in [0.1, 0.15) is 12.1 Å². The lowest BCUT2D eigenvalue weighted by molar-refractivity contribution is 0.112. The van der Waals surface area contributed by atoms with Gasteiger partial charge in [0, 0.05) is 28.9 Å². The molecule has 17 heavy (non-hydrogen) atoms. The van der Waals surface area contributed by atoms with Crippen LogP contribution in [0.4, 0.5) is 4.39 Å². The maximum atomic E-state index is 13.2. The Morgan fingerprint density at radius 2 is 1.71 bits per heavy atom. The van der Waals surface area contributed by atoms with E-state index in [0.29, 0.717) is 5.56 Å². The SMILES string of the molecule is Cn1c2cc(F)ccc2c2ccc(C=O)cc21. The summed E-state index contributed by atoms with van der Waals surface area (Å²) < 4.78 is 15.1. The Bertz CT molecular complexity index is 743. The number of aryl methyl sites for hydroxylation is 1. The Balaban J connectivity index is 2.53. The van der Waals surface area contributed by atoms with E-state index in [2.05, 4.69) is 0 Å². The van der Waals surface area contributed by atoms with E-state index in [1.807, 2.05) is 23.7 Å². The van der Waals surface area contributed by atoms with Crippen molar-refractivity contribution in [3.05, 3.63) is 47.8 Å². The molecule has 0 atom stereocenters. The first-order chi connectivity index (χ1) is 8.20. The van der Waals surface area contributed by atoms with Gasteiger partial charge in [-0.15, -0.1) is 0 Å². The third kappa shape index (κ3) is 1.35. The van der Waals surface area contributed by atoms with Gasteiger partial charge in [-0.05, 0) is 24.3 Å². The van der Waals surface area contributed by atoms with Crippen LogP contribution >= 0.6 is 0 Å². The molecule has 0 saturated carbocycles. The van der Waals surface area contributed by atoms with Gasteiger partial charge >= 0.3 is 0 Å². The van der Waals surface area contributed by atoms with Crippen LogP contribution < -0.4 is 0 Å². The molecule has 0 saturated heterocycles. The molecule has 0 amide bonds. The number of aromatic nitrogens is 1. The predicted octanol–water partition coefficient (Wildman–Crippen LogP) is 3.28. The normalized spacial score (nSPS) is 11.2. The van der Waals surface area contributed by atoms with E-state index < -0.39 is 0 Å². The molecule has 0 N–H and O–H groups in total. The summed E-state index contributed by atoms with van der Waals surface area (Å²) in [6, 6.07) is 10.2. The van der Waals surface area contributed by atoms with Gasteiger partial charge in [0.2, 0.25) is 0 Å². The second-order valence-corrected chi connectivity index (χ2v) is 4.11. The number of benzene rings is 2. The van der Waals surface area contributed by atoms with E-state index in [-0.39, 0.29) is 5.82 Å². The van der Waals surface area contributed by atoms with Crippen LogP contribution in [-0.4, -0.2) is 10.9 Å². The second kappa shape index (κ2) is 3.42. The highest BCUT2D eigenvalue weighted by Gasteiger charge is 2.09. The van der Waals surface area contributed by atoms with Gasteiger partial charge in [0.05, 0.1) is 5.52 Å². The van der Waals surface area contributed by atoms with Crippen LogP contribution in [-0.2, 0) is 7.05 Å². The number of hydrogen-bond acceptors (Lipinski definition) is 1. The molecule has 0 unspecified atom stereocenters. The van der Waals surface area contributed by atoms with Crippen molar-refractivity contribution in [1.82, 2.24) is 4.57 Å². The van der Waals surface area contributed by atoms with Crippen molar-refractivity contribution in [2.24, 2.45) is 7.05 Å². The molecule has 84 valence electrons. The average Bonchev–Trinajstić information content (AvgIpc) is 2.62. The van der Waals surface area contributed by atoms with Crippen molar-refractivity contribution >= 4 is 28.1 Å². The van der Waals surface area contributed by atoms with Crippen LogP contribution in [0.5, 0.6) is 0 Å². The summed E-state index contributed by atoms with van der Waals surface area (Å²) in [5.74, 6) is -0.251. The van der Waals surface area contributed by atoms with Gasteiger partial charge in [-0.25, -0.2) is 4.39 Å². The van der Waals surface area contributed by atoms with Crippen molar-refractivity contribution in [2.75, 3.05) is 0 Å². The van der Waals surface area contributed by atoms with Gasteiger partial charge in [-0.3, -0.25) is 4.79 Å². The fourth-order valence-corrected chi connectivity index (χ4v) is 2.27. The summed E-state index contributed by atoms with van der Waals surface area (Å²) in [4.78, 5) is 10.8. The molecule has 0 bridgehead atoms. The number of fused-ring (bicyclic) bond motifs is 3. The lowest BCUT2D eigenvalue weighted by atomic mass is 10.1.